The summed E-state index contributed by atoms with van der Waals surface area (Å²) in [5.74, 6) is 1.83. The molecule has 0 spiro atoms. The Morgan fingerprint density at radius 3 is 2.70 bits per heavy atom. The second-order valence-electron chi connectivity index (χ2n) is 6.96. The van der Waals surface area contributed by atoms with E-state index in [2.05, 4.69) is 47.4 Å². The van der Waals surface area contributed by atoms with Gasteiger partial charge in [0.1, 0.15) is 0 Å². The monoisotopic (exact) mass is 296 g/mol. The van der Waals surface area contributed by atoms with Crippen LogP contribution in [-0.4, -0.2) is 27.9 Å². The average Bonchev–Trinajstić information content (AvgIpc) is 2.62. The molecule has 114 valence electrons. The first kappa shape index (κ1) is 15.5. The molecular weight excluding hydrogens is 268 g/mol. The van der Waals surface area contributed by atoms with Gasteiger partial charge in [0.25, 0.3) is 0 Å². The summed E-state index contributed by atoms with van der Waals surface area (Å²) in [7, 11) is 0. The number of hydrogen-bond acceptors (Lipinski definition) is 3. The molecular formula is C15H28N4S. The lowest BCUT2D eigenvalue weighted by atomic mass is 9.77. The van der Waals surface area contributed by atoms with Crippen molar-refractivity contribution < 1.29 is 0 Å². The summed E-state index contributed by atoms with van der Waals surface area (Å²) in [6.07, 6.45) is 4.89. The van der Waals surface area contributed by atoms with Gasteiger partial charge in [0.2, 0.25) is 5.95 Å². The Balaban J connectivity index is 2.13. The quantitative estimate of drug-likeness (QED) is 0.856. The van der Waals surface area contributed by atoms with E-state index in [1.54, 1.807) is 0 Å². The van der Waals surface area contributed by atoms with Gasteiger partial charge < -0.3 is 4.90 Å². The van der Waals surface area contributed by atoms with Crippen LogP contribution in [0.15, 0.2) is 0 Å². The van der Waals surface area contributed by atoms with Crippen LogP contribution in [0, 0.1) is 16.1 Å². The van der Waals surface area contributed by atoms with Crippen LogP contribution in [0.2, 0.25) is 0 Å². The van der Waals surface area contributed by atoms with Gasteiger partial charge in [0.05, 0.1) is 0 Å². The molecule has 1 aliphatic rings. The van der Waals surface area contributed by atoms with Crippen molar-refractivity contribution in [1.82, 2.24) is 14.8 Å². The largest absolute Gasteiger partial charge is 0.341 e. The summed E-state index contributed by atoms with van der Waals surface area (Å²) < 4.78 is 2.89. The van der Waals surface area contributed by atoms with Gasteiger partial charge in [0, 0.05) is 19.6 Å². The van der Waals surface area contributed by atoms with Crippen molar-refractivity contribution in [3.05, 3.63) is 4.77 Å². The minimum Gasteiger partial charge on any atom is -0.341 e. The first-order valence-corrected chi connectivity index (χ1v) is 8.24. The van der Waals surface area contributed by atoms with Crippen molar-refractivity contribution in [1.29, 1.82) is 0 Å². The molecule has 1 fully saturated rings. The van der Waals surface area contributed by atoms with Crippen molar-refractivity contribution in [3.63, 3.8) is 0 Å². The van der Waals surface area contributed by atoms with E-state index < -0.39 is 0 Å². The summed E-state index contributed by atoms with van der Waals surface area (Å²) in [6, 6.07) is 0. The maximum absolute atomic E-state index is 5.34. The SMILES string of the molecule is CCCn1c(N2CCCC(C(C)(C)C)CC2)n[nH]c1=S. The molecule has 0 radical (unpaired) electrons. The van der Waals surface area contributed by atoms with Gasteiger partial charge in [-0.15, -0.1) is 5.10 Å². The fraction of sp³-hybridized carbons (Fsp3) is 0.867. The van der Waals surface area contributed by atoms with E-state index in [1.165, 1.54) is 19.3 Å². The molecule has 1 aliphatic heterocycles. The zero-order valence-electron chi connectivity index (χ0n) is 13.3. The van der Waals surface area contributed by atoms with Crippen LogP contribution in [0.3, 0.4) is 0 Å². The molecule has 1 N–H and O–H groups in total. The van der Waals surface area contributed by atoms with Crippen molar-refractivity contribution in [2.75, 3.05) is 18.0 Å². The third-order valence-corrected chi connectivity index (χ3v) is 4.73. The van der Waals surface area contributed by atoms with Crippen LogP contribution in [0.25, 0.3) is 0 Å². The van der Waals surface area contributed by atoms with Crippen LogP contribution in [0.5, 0.6) is 0 Å². The van der Waals surface area contributed by atoms with Gasteiger partial charge in [-0.1, -0.05) is 27.7 Å². The Labute approximate surface area is 127 Å². The van der Waals surface area contributed by atoms with Gasteiger partial charge in [-0.25, -0.2) is 5.10 Å². The molecule has 2 heterocycles. The average molecular weight is 296 g/mol. The molecule has 0 saturated carbocycles. The molecule has 2 rings (SSSR count). The Bertz CT molecular complexity index is 483. The van der Waals surface area contributed by atoms with Gasteiger partial charge in [-0.3, -0.25) is 4.57 Å². The molecule has 1 atom stereocenters. The lowest BCUT2D eigenvalue weighted by Gasteiger charge is -2.29. The standard InChI is InChI=1S/C15H28N4S/c1-5-9-19-13(16-17-14(19)20)18-10-6-7-12(8-11-18)15(2,3)4/h12H,5-11H2,1-4H3,(H,17,20). The predicted octanol–water partition coefficient (Wildman–Crippen LogP) is 4.00. The topological polar surface area (TPSA) is 36.9 Å². The first-order valence-electron chi connectivity index (χ1n) is 7.83. The number of aromatic amines is 1. The normalized spacial score (nSPS) is 21.0. The fourth-order valence-corrected chi connectivity index (χ4v) is 3.36. The maximum atomic E-state index is 5.34. The highest BCUT2D eigenvalue weighted by molar-refractivity contribution is 7.71. The van der Waals surface area contributed by atoms with E-state index in [1.807, 2.05) is 0 Å². The van der Waals surface area contributed by atoms with Gasteiger partial charge in [-0.05, 0) is 49.2 Å². The third kappa shape index (κ3) is 3.43. The number of aromatic nitrogens is 3. The van der Waals surface area contributed by atoms with Crippen LogP contribution in [-0.2, 0) is 6.54 Å². The number of nitrogens with zero attached hydrogens (tertiary/aromatic N) is 3. The molecule has 1 saturated heterocycles. The molecule has 0 amide bonds. The summed E-state index contributed by atoms with van der Waals surface area (Å²) in [5.41, 5.74) is 0.407. The number of nitrogens with one attached hydrogen (secondary N) is 1. The number of H-pyrrole nitrogens is 1. The molecule has 1 aromatic rings. The minimum atomic E-state index is 0.407. The second-order valence-corrected chi connectivity index (χ2v) is 7.35. The van der Waals surface area contributed by atoms with Crippen molar-refractivity contribution >= 4 is 18.2 Å². The molecule has 20 heavy (non-hydrogen) atoms. The lowest BCUT2D eigenvalue weighted by molar-refractivity contribution is 0.220. The van der Waals surface area contributed by atoms with Crippen LogP contribution in [0.4, 0.5) is 5.95 Å². The van der Waals surface area contributed by atoms with E-state index in [0.717, 1.165) is 42.7 Å². The molecule has 1 unspecified atom stereocenters. The zero-order valence-corrected chi connectivity index (χ0v) is 14.1. The molecule has 0 bridgehead atoms. The maximum Gasteiger partial charge on any atom is 0.225 e. The van der Waals surface area contributed by atoms with Crippen LogP contribution in [0.1, 0.15) is 53.4 Å². The molecule has 4 nitrogen and oxygen atoms in total. The Kier molecular flexibility index (Phi) is 4.89. The van der Waals surface area contributed by atoms with Gasteiger partial charge >= 0.3 is 0 Å². The number of rotatable bonds is 3. The Hall–Kier alpha value is -0.840. The van der Waals surface area contributed by atoms with Crippen molar-refractivity contribution in [2.24, 2.45) is 11.3 Å². The van der Waals surface area contributed by atoms with E-state index in [0.29, 0.717) is 5.41 Å². The Morgan fingerprint density at radius 2 is 2.05 bits per heavy atom. The third-order valence-electron chi connectivity index (χ3n) is 4.42. The Morgan fingerprint density at radius 1 is 1.30 bits per heavy atom. The van der Waals surface area contributed by atoms with Gasteiger partial charge in [-0.2, -0.15) is 0 Å². The summed E-state index contributed by atoms with van der Waals surface area (Å²) in [6.45, 7) is 12.4. The molecule has 5 heteroatoms. The van der Waals surface area contributed by atoms with Crippen LogP contribution < -0.4 is 4.90 Å². The first-order chi connectivity index (χ1) is 9.43. The highest BCUT2D eigenvalue weighted by atomic mass is 32.1. The highest BCUT2D eigenvalue weighted by Gasteiger charge is 2.28. The molecule has 0 aromatic carbocycles. The number of anilines is 1. The minimum absolute atomic E-state index is 0.407. The van der Waals surface area contributed by atoms with E-state index in [9.17, 15) is 0 Å². The summed E-state index contributed by atoms with van der Waals surface area (Å²) in [5, 5.41) is 7.41. The van der Waals surface area contributed by atoms with E-state index in [-0.39, 0.29) is 0 Å². The summed E-state index contributed by atoms with van der Waals surface area (Å²) >= 11 is 5.34. The molecule has 1 aromatic heterocycles. The summed E-state index contributed by atoms with van der Waals surface area (Å²) in [4.78, 5) is 2.41. The highest BCUT2D eigenvalue weighted by Crippen LogP contribution is 2.34. The van der Waals surface area contributed by atoms with E-state index in [4.69, 9.17) is 12.2 Å². The van der Waals surface area contributed by atoms with E-state index >= 15 is 0 Å². The zero-order chi connectivity index (χ0) is 14.8. The van der Waals surface area contributed by atoms with Crippen molar-refractivity contribution in [2.45, 2.75) is 59.9 Å². The van der Waals surface area contributed by atoms with Crippen molar-refractivity contribution in [3.8, 4) is 0 Å². The smallest absolute Gasteiger partial charge is 0.225 e. The fourth-order valence-electron chi connectivity index (χ4n) is 3.14. The number of hydrogen-bond donors (Lipinski definition) is 1. The molecule has 0 aliphatic carbocycles. The second kappa shape index (κ2) is 6.29. The lowest BCUT2D eigenvalue weighted by Crippen LogP contribution is -2.28. The van der Waals surface area contributed by atoms with Gasteiger partial charge in [0.15, 0.2) is 4.77 Å². The van der Waals surface area contributed by atoms with Crippen LogP contribution >= 0.6 is 12.2 Å². The predicted molar refractivity (Wildman–Crippen MR) is 86.7 cm³/mol.